The van der Waals surface area contributed by atoms with Gasteiger partial charge in [-0.15, -0.1) is 23.1 Å². The van der Waals surface area contributed by atoms with Crippen LogP contribution in [0.3, 0.4) is 0 Å². The van der Waals surface area contributed by atoms with Gasteiger partial charge in [-0.1, -0.05) is 0 Å². The molecule has 0 aromatic carbocycles. The molecular formula is C12H15N3OS2. The van der Waals surface area contributed by atoms with E-state index >= 15 is 0 Å². The Bertz CT molecular complexity index is 553. The predicted octanol–water partition coefficient (Wildman–Crippen LogP) is 2.62. The molecule has 4 nitrogen and oxygen atoms in total. The Kier molecular flexibility index (Phi) is 4.54. The quantitative estimate of drug-likeness (QED) is 0.676. The number of thioether (sulfide) groups is 1. The van der Waals surface area contributed by atoms with Crippen molar-refractivity contribution in [3.05, 3.63) is 17.3 Å². The lowest BCUT2D eigenvalue weighted by molar-refractivity contribution is -0.120. The van der Waals surface area contributed by atoms with E-state index in [4.69, 9.17) is 0 Å². The number of nitrogens with zero attached hydrogens (tertiary/aromatic N) is 2. The average molecular weight is 281 g/mol. The van der Waals surface area contributed by atoms with E-state index in [9.17, 15) is 4.79 Å². The fourth-order valence-electron chi connectivity index (χ4n) is 1.60. The summed E-state index contributed by atoms with van der Waals surface area (Å²) in [4.78, 5) is 22.1. The van der Waals surface area contributed by atoms with Crippen LogP contribution in [-0.4, -0.2) is 28.2 Å². The van der Waals surface area contributed by atoms with Gasteiger partial charge in [0.15, 0.2) is 0 Å². The van der Waals surface area contributed by atoms with Crippen LogP contribution in [0.1, 0.15) is 18.2 Å². The molecule has 0 saturated heterocycles. The number of hydrogen-bond acceptors (Lipinski definition) is 5. The number of carbonyl (C=O) groups is 1. The summed E-state index contributed by atoms with van der Waals surface area (Å²) in [5, 5.41) is 4.85. The highest BCUT2D eigenvalue weighted by atomic mass is 32.2. The number of amides is 1. The molecule has 0 aliphatic rings. The number of rotatable bonds is 5. The number of aromatic nitrogens is 2. The highest BCUT2D eigenvalue weighted by Gasteiger charge is 2.08. The molecule has 2 rings (SSSR count). The maximum Gasteiger partial charge on any atom is 0.220 e. The first kappa shape index (κ1) is 13.3. The topological polar surface area (TPSA) is 54.9 Å². The Morgan fingerprint density at radius 3 is 3.11 bits per heavy atom. The van der Waals surface area contributed by atoms with Crippen LogP contribution >= 0.6 is 23.1 Å². The second-order valence-electron chi connectivity index (χ2n) is 3.81. The molecule has 2 aromatic rings. The van der Waals surface area contributed by atoms with Gasteiger partial charge in [-0.3, -0.25) is 4.79 Å². The SMILES string of the molecule is CCNC(=O)CCSc1ncnc2sc(C)cc12. The fraction of sp³-hybridized carbons (Fsp3) is 0.417. The van der Waals surface area contributed by atoms with Crippen LogP contribution in [0, 0.1) is 6.92 Å². The van der Waals surface area contributed by atoms with Crippen molar-refractivity contribution in [3.63, 3.8) is 0 Å². The van der Waals surface area contributed by atoms with E-state index < -0.39 is 0 Å². The summed E-state index contributed by atoms with van der Waals surface area (Å²) in [5.41, 5.74) is 0. The minimum atomic E-state index is 0.0943. The van der Waals surface area contributed by atoms with Gasteiger partial charge in [0.25, 0.3) is 0 Å². The smallest absolute Gasteiger partial charge is 0.220 e. The Morgan fingerprint density at radius 1 is 1.50 bits per heavy atom. The monoisotopic (exact) mass is 281 g/mol. The van der Waals surface area contributed by atoms with Gasteiger partial charge in [0, 0.05) is 29.0 Å². The Balaban J connectivity index is 2.01. The van der Waals surface area contributed by atoms with Crippen molar-refractivity contribution in [1.82, 2.24) is 15.3 Å². The van der Waals surface area contributed by atoms with Gasteiger partial charge in [0.05, 0.1) is 0 Å². The predicted molar refractivity (Wildman–Crippen MR) is 76.2 cm³/mol. The number of thiophene rings is 1. The van der Waals surface area contributed by atoms with Crippen molar-refractivity contribution in [2.75, 3.05) is 12.3 Å². The van der Waals surface area contributed by atoms with Crippen molar-refractivity contribution < 1.29 is 4.79 Å². The third kappa shape index (κ3) is 3.20. The molecule has 2 aromatic heterocycles. The van der Waals surface area contributed by atoms with Crippen LogP contribution < -0.4 is 5.32 Å². The standard InChI is InChI=1S/C12H15N3OS2/c1-3-13-10(16)4-5-17-11-9-6-8(2)18-12(9)15-7-14-11/h6-7H,3-5H2,1-2H3,(H,13,16). The molecule has 6 heteroatoms. The molecular weight excluding hydrogens is 266 g/mol. The van der Waals surface area contributed by atoms with Crippen LogP contribution in [0.5, 0.6) is 0 Å². The minimum Gasteiger partial charge on any atom is -0.356 e. The molecule has 0 radical (unpaired) electrons. The second kappa shape index (κ2) is 6.15. The maximum absolute atomic E-state index is 11.3. The van der Waals surface area contributed by atoms with Gasteiger partial charge in [0.2, 0.25) is 5.91 Å². The van der Waals surface area contributed by atoms with Crippen molar-refractivity contribution in [2.24, 2.45) is 0 Å². The number of hydrogen-bond donors (Lipinski definition) is 1. The van der Waals surface area contributed by atoms with Crippen molar-refractivity contribution in [3.8, 4) is 0 Å². The summed E-state index contributed by atoms with van der Waals surface area (Å²) in [5.74, 6) is 0.837. The lowest BCUT2D eigenvalue weighted by atomic mass is 10.4. The fourth-order valence-corrected chi connectivity index (χ4v) is 3.42. The first-order valence-electron chi connectivity index (χ1n) is 5.81. The van der Waals surface area contributed by atoms with Crippen LogP contribution in [-0.2, 0) is 4.79 Å². The first-order valence-corrected chi connectivity index (χ1v) is 7.61. The van der Waals surface area contributed by atoms with E-state index in [1.165, 1.54) is 4.88 Å². The van der Waals surface area contributed by atoms with Crippen LogP contribution in [0.25, 0.3) is 10.2 Å². The zero-order valence-electron chi connectivity index (χ0n) is 10.4. The lowest BCUT2D eigenvalue weighted by Crippen LogP contribution is -2.22. The number of aryl methyl sites for hydroxylation is 1. The normalized spacial score (nSPS) is 10.8. The third-order valence-corrected chi connectivity index (χ3v) is 4.32. The summed E-state index contributed by atoms with van der Waals surface area (Å²) in [6.07, 6.45) is 2.11. The summed E-state index contributed by atoms with van der Waals surface area (Å²) >= 11 is 3.28. The number of fused-ring (bicyclic) bond motifs is 1. The van der Waals surface area contributed by atoms with E-state index in [0.717, 1.165) is 21.0 Å². The van der Waals surface area contributed by atoms with Gasteiger partial charge in [-0.25, -0.2) is 9.97 Å². The molecule has 1 N–H and O–H groups in total. The van der Waals surface area contributed by atoms with Crippen LogP contribution in [0.2, 0.25) is 0 Å². The van der Waals surface area contributed by atoms with Gasteiger partial charge in [-0.05, 0) is 19.9 Å². The van der Waals surface area contributed by atoms with Gasteiger partial charge in [-0.2, -0.15) is 0 Å². The van der Waals surface area contributed by atoms with E-state index in [2.05, 4.69) is 28.3 Å². The highest BCUT2D eigenvalue weighted by molar-refractivity contribution is 7.99. The Labute approximate surface area is 114 Å². The van der Waals surface area contributed by atoms with Crippen LogP contribution in [0.4, 0.5) is 0 Å². The summed E-state index contributed by atoms with van der Waals surface area (Å²) in [6.45, 7) is 4.67. The zero-order chi connectivity index (χ0) is 13.0. The average Bonchev–Trinajstić information content (AvgIpc) is 2.70. The molecule has 1 amide bonds. The summed E-state index contributed by atoms with van der Waals surface area (Å²) in [7, 11) is 0. The summed E-state index contributed by atoms with van der Waals surface area (Å²) in [6, 6.07) is 2.11. The molecule has 2 heterocycles. The van der Waals surface area contributed by atoms with Gasteiger partial charge < -0.3 is 5.32 Å². The van der Waals surface area contributed by atoms with Gasteiger partial charge >= 0.3 is 0 Å². The Morgan fingerprint density at radius 2 is 2.33 bits per heavy atom. The largest absolute Gasteiger partial charge is 0.356 e. The van der Waals surface area contributed by atoms with Crippen molar-refractivity contribution in [2.45, 2.75) is 25.3 Å². The minimum absolute atomic E-state index is 0.0943. The second-order valence-corrected chi connectivity index (χ2v) is 6.13. The van der Waals surface area contributed by atoms with Gasteiger partial charge in [0.1, 0.15) is 16.2 Å². The Hall–Kier alpha value is -1.14. The van der Waals surface area contributed by atoms with E-state index in [1.807, 2.05) is 6.92 Å². The molecule has 0 aliphatic heterocycles. The third-order valence-electron chi connectivity index (χ3n) is 2.36. The van der Waals surface area contributed by atoms with Crippen molar-refractivity contribution >= 4 is 39.2 Å². The lowest BCUT2D eigenvalue weighted by Gasteiger charge is -2.02. The first-order chi connectivity index (χ1) is 8.70. The molecule has 96 valence electrons. The molecule has 0 bridgehead atoms. The number of carbonyl (C=O) groups excluding carboxylic acids is 1. The maximum atomic E-state index is 11.3. The van der Waals surface area contributed by atoms with Crippen molar-refractivity contribution in [1.29, 1.82) is 0 Å². The highest BCUT2D eigenvalue weighted by Crippen LogP contribution is 2.30. The molecule has 0 aliphatic carbocycles. The molecule has 0 spiro atoms. The van der Waals surface area contributed by atoms with E-state index in [0.29, 0.717) is 13.0 Å². The molecule has 0 unspecified atom stereocenters. The van der Waals surface area contributed by atoms with Crippen LogP contribution in [0.15, 0.2) is 17.4 Å². The molecule has 0 atom stereocenters. The molecule has 0 fully saturated rings. The van der Waals surface area contributed by atoms with E-state index in [1.54, 1.807) is 29.4 Å². The van der Waals surface area contributed by atoms with E-state index in [-0.39, 0.29) is 5.91 Å². The number of nitrogens with one attached hydrogen (secondary N) is 1. The molecule has 18 heavy (non-hydrogen) atoms. The zero-order valence-corrected chi connectivity index (χ0v) is 12.0. The summed E-state index contributed by atoms with van der Waals surface area (Å²) < 4.78 is 0. The molecule has 0 saturated carbocycles.